The lowest BCUT2D eigenvalue weighted by Gasteiger charge is -2.22. The van der Waals surface area contributed by atoms with Crippen molar-refractivity contribution in [1.29, 1.82) is 0 Å². The van der Waals surface area contributed by atoms with Crippen molar-refractivity contribution in [2.45, 2.75) is 19.3 Å². The molecule has 1 unspecified atom stereocenters. The summed E-state index contributed by atoms with van der Waals surface area (Å²) < 4.78 is 0. The second-order valence-electron chi connectivity index (χ2n) is 6.94. The molecule has 2 N–H and O–H groups in total. The molecule has 0 spiro atoms. The highest BCUT2D eigenvalue weighted by Gasteiger charge is 2.25. The molecule has 1 fully saturated rings. The van der Waals surface area contributed by atoms with Gasteiger partial charge < -0.3 is 15.5 Å². The number of hydrogen-bond acceptors (Lipinski definition) is 2. The van der Waals surface area contributed by atoms with Crippen LogP contribution >= 0.6 is 24.0 Å². The Hall–Kier alpha value is -2.09. The van der Waals surface area contributed by atoms with Crippen molar-refractivity contribution in [2.75, 3.05) is 33.2 Å². The van der Waals surface area contributed by atoms with Gasteiger partial charge >= 0.3 is 0 Å². The van der Waals surface area contributed by atoms with Crippen LogP contribution in [0.3, 0.4) is 0 Å². The minimum Gasteiger partial charge on any atom is -0.354 e. The second-order valence-corrected chi connectivity index (χ2v) is 6.94. The number of benzene rings is 2. The van der Waals surface area contributed by atoms with Crippen LogP contribution in [-0.4, -0.2) is 50.0 Å². The average molecular weight is 492 g/mol. The third-order valence-electron chi connectivity index (χ3n) is 4.94. The number of amides is 1. The molecule has 6 heteroatoms. The maximum Gasteiger partial charge on any atom is 0.251 e. The number of nitrogens with zero attached hydrogens (tertiary/aromatic N) is 2. The molecule has 5 nitrogen and oxygen atoms in total. The van der Waals surface area contributed by atoms with Gasteiger partial charge in [0.1, 0.15) is 0 Å². The topological polar surface area (TPSA) is 56.7 Å². The van der Waals surface area contributed by atoms with Gasteiger partial charge in [0, 0.05) is 44.7 Å². The van der Waals surface area contributed by atoms with Gasteiger partial charge in [-0.25, -0.2) is 0 Å². The number of carbonyl (C=O) groups excluding carboxylic acids is 1. The van der Waals surface area contributed by atoms with Crippen molar-refractivity contribution in [3.8, 4) is 0 Å². The molecule has 1 amide bonds. The normalized spacial score (nSPS) is 16.4. The fourth-order valence-electron chi connectivity index (χ4n) is 3.52. The third-order valence-corrected chi connectivity index (χ3v) is 4.94. The molecule has 0 aliphatic carbocycles. The minimum absolute atomic E-state index is 0. The van der Waals surface area contributed by atoms with E-state index in [9.17, 15) is 4.79 Å². The summed E-state index contributed by atoms with van der Waals surface area (Å²) in [5.74, 6) is 1.41. The molecule has 3 rings (SSSR count). The summed E-state index contributed by atoms with van der Waals surface area (Å²) in [5.41, 5.74) is 3.17. The molecule has 0 aromatic heterocycles. The van der Waals surface area contributed by atoms with Gasteiger partial charge in [-0.15, -0.1) is 24.0 Å². The molecule has 28 heavy (non-hydrogen) atoms. The first-order chi connectivity index (χ1) is 13.2. The van der Waals surface area contributed by atoms with Crippen LogP contribution in [0.25, 0.3) is 0 Å². The summed E-state index contributed by atoms with van der Waals surface area (Å²) in [5, 5.41) is 6.32. The summed E-state index contributed by atoms with van der Waals surface area (Å²) in [6.07, 6.45) is 1.13. The minimum atomic E-state index is -0.0409. The van der Waals surface area contributed by atoms with E-state index in [4.69, 9.17) is 0 Å². The fourth-order valence-corrected chi connectivity index (χ4v) is 3.52. The molecule has 1 aliphatic rings. The van der Waals surface area contributed by atoms with Crippen molar-refractivity contribution in [2.24, 2.45) is 4.99 Å². The van der Waals surface area contributed by atoms with E-state index in [1.807, 2.05) is 38.2 Å². The SMILES string of the molecule is CN=C(NCCNC(=O)c1cccc(C)c1)N1CCC(c2ccccc2)C1.I. The monoisotopic (exact) mass is 492 g/mol. The Morgan fingerprint density at radius 1 is 1.11 bits per heavy atom. The summed E-state index contributed by atoms with van der Waals surface area (Å²) in [4.78, 5) is 18.9. The Morgan fingerprint density at radius 2 is 1.86 bits per heavy atom. The molecular formula is C22H29IN4O. The van der Waals surface area contributed by atoms with Gasteiger partial charge in [0.2, 0.25) is 0 Å². The molecule has 0 radical (unpaired) electrons. The molecule has 0 bridgehead atoms. The molecule has 150 valence electrons. The summed E-state index contributed by atoms with van der Waals surface area (Å²) in [6.45, 7) is 5.16. The molecule has 1 aliphatic heterocycles. The van der Waals surface area contributed by atoms with Gasteiger partial charge in [-0.3, -0.25) is 9.79 Å². The number of aliphatic imine (C=N–C) groups is 1. The predicted octanol–water partition coefficient (Wildman–Crippen LogP) is 3.41. The van der Waals surface area contributed by atoms with E-state index in [1.54, 1.807) is 0 Å². The number of halogens is 1. The van der Waals surface area contributed by atoms with Crippen molar-refractivity contribution < 1.29 is 4.79 Å². The first kappa shape index (κ1) is 22.2. The zero-order valence-corrected chi connectivity index (χ0v) is 18.9. The number of likely N-dealkylation sites (tertiary alicyclic amines) is 1. The fraction of sp³-hybridized carbons (Fsp3) is 0.364. The van der Waals surface area contributed by atoms with Crippen LogP contribution in [0, 0.1) is 6.92 Å². The number of hydrogen-bond donors (Lipinski definition) is 2. The van der Waals surface area contributed by atoms with E-state index in [0.29, 0.717) is 24.6 Å². The molecule has 1 atom stereocenters. The Morgan fingerprint density at radius 3 is 2.57 bits per heavy atom. The highest BCUT2D eigenvalue weighted by Crippen LogP contribution is 2.26. The van der Waals surface area contributed by atoms with Crippen molar-refractivity contribution in [3.05, 3.63) is 71.3 Å². The standard InChI is InChI=1S/C22H28N4O.HI/c1-17-7-6-10-19(15-17)21(27)24-12-13-25-22(23-2)26-14-11-20(16-26)18-8-4-3-5-9-18;/h3-10,15,20H,11-14,16H2,1-2H3,(H,23,25)(H,24,27);1H. The van der Waals surface area contributed by atoms with Crippen LogP contribution in [0.4, 0.5) is 0 Å². The molecule has 2 aromatic carbocycles. The van der Waals surface area contributed by atoms with E-state index in [0.717, 1.165) is 31.0 Å². The summed E-state index contributed by atoms with van der Waals surface area (Å²) in [6, 6.07) is 18.3. The molecule has 2 aromatic rings. The predicted molar refractivity (Wildman–Crippen MR) is 126 cm³/mol. The molecular weight excluding hydrogens is 463 g/mol. The number of aryl methyl sites for hydroxylation is 1. The summed E-state index contributed by atoms with van der Waals surface area (Å²) >= 11 is 0. The number of rotatable bonds is 5. The summed E-state index contributed by atoms with van der Waals surface area (Å²) in [7, 11) is 1.81. The molecule has 1 saturated heterocycles. The maximum atomic E-state index is 12.2. The van der Waals surface area contributed by atoms with Gasteiger partial charge in [-0.1, -0.05) is 48.0 Å². The van der Waals surface area contributed by atoms with E-state index in [1.165, 1.54) is 5.56 Å². The van der Waals surface area contributed by atoms with E-state index >= 15 is 0 Å². The molecule has 0 saturated carbocycles. The highest BCUT2D eigenvalue weighted by atomic mass is 127. The van der Waals surface area contributed by atoms with Crippen LogP contribution in [0.15, 0.2) is 59.6 Å². The van der Waals surface area contributed by atoms with Gasteiger partial charge in [0.05, 0.1) is 0 Å². The number of nitrogens with one attached hydrogen (secondary N) is 2. The van der Waals surface area contributed by atoms with Gasteiger partial charge in [0.25, 0.3) is 5.91 Å². The average Bonchev–Trinajstić information content (AvgIpc) is 3.18. The van der Waals surface area contributed by atoms with Crippen LogP contribution < -0.4 is 10.6 Å². The molecule has 1 heterocycles. The van der Waals surface area contributed by atoms with Crippen LogP contribution in [0.5, 0.6) is 0 Å². The zero-order chi connectivity index (χ0) is 19.1. The number of carbonyl (C=O) groups is 1. The first-order valence-electron chi connectivity index (χ1n) is 9.53. The smallest absolute Gasteiger partial charge is 0.251 e. The zero-order valence-electron chi connectivity index (χ0n) is 16.5. The lowest BCUT2D eigenvalue weighted by Crippen LogP contribution is -2.43. The first-order valence-corrected chi connectivity index (χ1v) is 9.53. The second kappa shape index (κ2) is 11.0. The van der Waals surface area contributed by atoms with Gasteiger partial charge in [-0.2, -0.15) is 0 Å². The van der Waals surface area contributed by atoms with Crippen molar-refractivity contribution in [1.82, 2.24) is 15.5 Å². The Bertz CT molecular complexity index is 794. The van der Waals surface area contributed by atoms with Crippen molar-refractivity contribution >= 4 is 35.8 Å². The largest absolute Gasteiger partial charge is 0.354 e. The van der Waals surface area contributed by atoms with Crippen LogP contribution in [-0.2, 0) is 0 Å². The Kier molecular flexibility index (Phi) is 8.76. The Labute approximate surface area is 184 Å². The van der Waals surface area contributed by atoms with E-state index in [2.05, 4.69) is 50.9 Å². The third kappa shape index (κ3) is 5.95. The van der Waals surface area contributed by atoms with Gasteiger partial charge in [-0.05, 0) is 31.0 Å². The number of guanidine groups is 1. The van der Waals surface area contributed by atoms with Gasteiger partial charge in [0.15, 0.2) is 5.96 Å². The maximum absolute atomic E-state index is 12.2. The highest BCUT2D eigenvalue weighted by molar-refractivity contribution is 14.0. The lowest BCUT2D eigenvalue weighted by atomic mass is 9.99. The Balaban J connectivity index is 0.00000280. The lowest BCUT2D eigenvalue weighted by molar-refractivity contribution is 0.0954. The van der Waals surface area contributed by atoms with Crippen molar-refractivity contribution in [3.63, 3.8) is 0 Å². The van der Waals surface area contributed by atoms with E-state index in [-0.39, 0.29) is 29.9 Å². The van der Waals surface area contributed by atoms with Crippen LogP contribution in [0.2, 0.25) is 0 Å². The van der Waals surface area contributed by atoms with Crippen LogP contribution in [0.1, 0.15) is 33.8 Å². The van der Waals surface area contributed by atoms with E-state index < -0.39 is 0 Å². The quantitative estimate of drug-likeness (QED) is 0.291.